The van der Waals surface area contributed by atoms with Crippen LogP contribution in [0.5, 0.6) is 5.75 Å². The second-order valence-corrected chi connectivity index (χ2v) is 5.20. The van der Waals surface area contributed by atoms with Crippen LogP contribution in [0.25, 0.3) is 0 Å². The fourth-order valence-corrected chi connectivity index (χ4v) is 2.30. The van der Waals surface area contributed by atoms with Gasteiger partial charge in [-0.05, 0) is 13.0 Å². The van der Waals surface area contributed by atoms with Crippen molar-refractivity contribution < 1.29 is 23.0 Å². The molecule has 1 aromatic rings. The summed E-state index contributed by atoms with van der Waals surface area (Å²) in [6.07, 6.45) is 0.289. The number of morpholine rings is 1. The summed E-state index contributed by atoms with van der Waals surface area (Å²) >= 11 is 0. The summed E-state index contributed by atoms with van der Waals surface area (Å²) in [7, 11) is 0. The molecule has 1 aromatic carbocycles. The first-order valence-electron chi connectivity index (χ1n) is 7.17. The molecule has 0 aliphatic carbocycles. The van der Waals surface area contributed by atoms with Gasteiger partial charge in [0.15, 0.2) is 0 Å². The number of hydrogen-bond acceptors (Lipinski definition) is 4. The maximum Gasteiger partial charge on any atom is 0.387 e. The molecule has 0 bridgehead atoms. The van der Waals surface area contributed by atoms with Crippen LogP contribution in [-0.2, 0) is 16.1 Å². The molecule has 1 amide bonds. The zero-order chi connectivity index (χ0) is 15.9. The maximum atomic E-state index is 12.4. The van der Waals surface area contributed by atoms with Gasteiger partial charge in [0.2, 0.25) is 5.91 Å². The molecule has 8 heteroatoms. The Hall–Kier alpha value is -1.44. The lowest BCUT2D eigenvalue weighted by Crippen LogP contribution is -2.44. The smallest absolute Gasteiger partial charge is 0.387 e. The van der Waals surface area contributed by atoms with Gasteiger partial charge in [-0.15, -0.1) is 12.4 Å². The highest BCUT2D eigenvalue weighted by Gasteiger charge is 2.17. The third-order valence-electron chi connectivity index (χ3n) is 3.34. The van der Waals surface area contributed by atoms with E-state index in [-0.39, 0.29) is 43.1 Å². The van der Waals surface area contributed by atoms with Crippen LogP contribution in [0.2, 0.25) is 0 Å². The Balaban J connectivity index is 0.00000264. The lowest BCUT2D eigenvalue weighted by Gasteiger charge is -2.23. The highest BCUT2D eigenvalue weighted by Crippen LogP contribution is 2.22. The summed E-state index contributed by atoms with van der Waals surface area (Å²) in [6.45, 7) is 0.979. The van der Waals surface area contributed by atoms with Crippen molar-refractivity contribution in [3.63, 3.8) is 0 Å². The highest BCUT2D eigenvalue weighted by molar-refractivity contribution is 5.85. The molecule has 1 aliphatic rings. The van der Waals surface area contributed by atoms with Crippen LogP contribution in [0.15, 0.2) is 18.2 Å². The minimum Gasteiger partial charge on any atom is -0.434 e. The molecule has 1 saturated heterocycles. The van der Waals surface area contributed by atoms with Crippen LogP contribution < -0.4 is 15.4 Å². The van der Waals surface area contributed by atoms with E-state index >= 15 is 0 Å². The van der Waals surface area contributed by atoms with Gasteiger partial charge >= 0.3 is 6.61 Å². The average molecular weight is 351 g/mol. The van der Waals surface area contributed by atoms with Crippen LogP contribution in [0.4, 0.5) is 8.78 Å². The van der Waals surface area contributed by atoms with Crippen LogP contribution in [-0.4, -0.2) is 38.3 Å². The number of carbonyl (C=O) groups is 1. The van der Waals surface area contributed by atoms with Gasteiger partial charge < -0.3 is 20.1 Å². The van der Waals surface area contributed by atoms with E-state index in [1.165, 1.54) is 6.07 Å². The monoisotopic (exact) mass is 350 g/mol. The topological polar surface area (TPSA) is 59.6 Å². The zero-order valence-corrected chi connectivity index (χ0v) is 13.6. The van der Waals surface area contributed by atoms with Gasteiger partial charge in [0.05, 0.1) is 13.2 Å². The number of benzene rings is 1. The Kier molecular flexibility index (Phi) is 8.22. The van der Waals surface area contributed by atoms with Crippen molar-refractivity contribution in [1.29, 1.82) is 0 Å². The molecular weight excluding hydrogens is 330 g/mol. The Morgan fingerprint density at radius 1 is 1.52 bits per heavy atom. The van der Waals surface area contributed by atoms with E-state index in [2.05, 4.69) is 15.4 Å². The molecule has 2 rings (SSSR count). The number of nitrogens with one attached hydrogen (secondary N) is 2. The van der Waals surface area contributed by atoms with Crippen molar-refractivity contribution in [3.05, 3.63) is 29.3 Å². The van der Waals surface area contributed by atoms with Crippen molar-refractivity contribution in [2.24, 2.45) is 0 Å². The van der Waals surface area contributed by atoms with Crippen LogP contribution >= 0.6 is 12.4 Å². The molecule has 0 aromatic heterocycles. The van der Waals surface area contributed by atoms with Crippen LogP contribution in [0.1, 0.15) is 17.5 Å². The number of carbonyl (C=O) groups excluding carboxylic acids is 1. The predicted octanol–water partition coefficient (Wildman–Crippen LogP) is 2.01. The van der Waals surface area contributed by atoms with Crippen molar-refractivity contribution in [2.45, 2.75) is 32.5 Å². The van der Waals surface area contributed by atoms with Crippen molar-refractivity contribution in [2.75, 3.05) is 19.8 Å². The second kappa shape index (κ2) is 9.64. The van der Waals surface area contributed by atoms with Crippen molar-refractivity contribution in [3.8, 4) is 5.75 Å². The third-order valence-corrected chi connectivity index (χ3v) is 3.34. The molecule has 5 nitrogen and oxygen atoms in total. The van der Waals surface area contributed by atoms with E-state index in [0.29, 0.717) is 18.8 Å². The lowest BCUT2D eigenvalue weighted by molar-refractivity contribution is -0.122. The van der Waals surface area contributed by atoms with Crippen LogP contribution in [0.3, 0.4) is 0 Å². The first-order valence-corrected chi connectivity index (χ1v) is 7.17. The SMILES string of the molecule is Cc1ccc(OC(F)F)c(CNC(=O)CC2COCCN2)c1.Cl. The molecule has 0 radical (unpaired) electrons. The number of alkyl halides is 2. The highest BCUT2D eigenvalue weighted by atomic mass is 35.5. The van der Waals surface area contributed by atoms with Gasteiger partial charge in [0.1, 0.15) is 5.75 Å². The fraction of sp³-hybridized carbons (Fsp3) is 0.533. The zero-order valence-electron chi connectivity index (χ0n) is 12.8. The van der Waals surface area contributed by atoms with Crippen LogP contribution in [0, 0.1) is 6.92 Å². The summed E-state index contributed by atoms with van der Waals surface area (Å²) in [4.78, 5) is 11.9. The molecule has 23 heavy (non-hydrogen) atoms. The molecule has 2 N–H and O–H groups in total. The van der Waals surface area contributed by atoms with Gasteiger partial charge in [0, 0.05) is 31.1 Å². The number of ether oxygens (including phenoxy) is 2. The molecule has 130 valence electrons. The molecule has 1 heterocycles. The number of hydrogen-bond donors (Lipinski definition) is 2. The Morgan fingerprint density at radius 3 is 2.96 bits per heavy atom. The largest absolute Gasteiger partial charge is 0.434 e. The normalized spacial score (nSPS) is 17.5. The first-order chi connectivity index (χ1) is 10.5. The second-order valence-electron chi connectivity index (χ2n) is 5.20. The summed E-state index contributed by atoms with van der Waals surface area (Å²) in [5, 5.41) is 5.91. The van der Waals surface area contributed by atoms with E-state index < -0.39 is 6.61 Å². The summed E-state index contributed by atoms with van der Waals surface area (Å²) in [6, 6.07) is 4.88. The average Bonchev–Trinajstić information content (AvgIpc) is 2.48. The number of aryl methyl sites for hydroxylation is 1. The molecule has 1 fully saturated rings. The molecule has 0 saturated carbocycles. The van der Waals surface area contributed by atoms with Crippen molar-refractivity contribution >= 4 is 18.3 Å². The summed E-state index contributed by atoms with van der Waals surface area (Å²) in [5.74, 6) is -0.0764. The predicted molar refractivity (Wildman–Crippen MR) is 84.1 cm³/mol. The minimum absolute atomic E-state index is 0. The van der Waals surface area contributed by atoms with Crippen molar-refractivity contribution in [1.82, 2.24) is 10.6 Å². The number of amides is 1. The Morgan fingerprint density at radius 2 is 2.30 bits per heavy atom. The molecule has 1 aliphatic heterocycles. The van der Waals surface area contributed by atoms with E-state index in [9.17, 15) is 13.6 Å². The molecule has 1 unspecified atom stereocenters. The third kappa shape index (κ3) is 6.68. The van der Waals surface area contributed by atoms with Gasteiger partial charge in [-0.3, -0.25) is 4.79 Å². The molecule has 0 spiro atoms. The Labute approximate surface area is 140 Å². The van der Waals surface area contributed by atoms with Gasteiger partial charge in [-0.25, -0.2) is 0 Å². The lowest BCUT2D eigenvalue weighted by atomic mass is 10.1. The fourth-order valence-electron chi connectivity index (χ4n) is 2.30. The number of rotatable bonds is 6. The Bertz CT molecular complexity index is 511. The minimum atomic E-state index is -2.89. The van der Waals surface area contributed by atoms with E-state index in [4.69, 9.17) is 4.74 Å². The number of halogens is 3. The quantitative estimate of drug-likeness (QED) is 0.824. The molecular formula is C15H21ClF2N2O3. The first kappa shape index (κ1) is 19.6. The maximum absolute atomic E-state index is 12.4. The summed E-state index contributed by atoms with van der Waals surface area (Å²) < 4.78 is 34.5. The van der Waals surface area contributed by atoms with Gasteiger partial charge in [-0.2, -0.15) is 8.78 Å². The van der Waals surface area contributed by atoms with E-state index in [1.54, 1.807) is 12.1 Å². The standard InChI is InChI=1S/C15H20F2N2O3.ClH/c1-10-2-3-13(22-15(16)17)11(6-10)8-19-14(20)7-12-9-21-5-4-18-12;/h2-3,6,12,15,18H,4-5,7-9H2,1H3,(H,19,20);1H. The van der Waals surface area contributed by atoms with E-state index in [0.717, 1.165) is 12.1 Å². The molecule has 1 atom stereocenters. The van der Waals surface area contributed by atoms with Gasteiger partial charge in [-0.1, -0.05) is 17.7 Å². The van der Waals surface area contributed by atoms with Gasteiger partial charge in [0.25, 0.3) is 0 Å². The summed E-state index contributed by atoms with van der Waals surface area (Å²) in [5.41, 5.74) is 1.44. The van der Waals surface area contributed by atoms with E-state index in [1.807, 2.05) is 6.92 Å².